The van der Waals surface area contributed by atoms with Gasteiger partial charge in [0.05, 0.1) is 32.2 Å². The first-order chi connectivity index (χ1) is 9.51. The number of aliphatic hydroxyl groups is 1. The zero-order valence-corrected chi connectivity index (χ0v) is 11.8. The van der Waals surface area contributed by atoms with Crippen molar-refractivity contribution in [1.82, 2.24) is 0 Å². The molecule has 0 aliphatic carbocycles. The highest BCUT2D eigenvalue weighted by Gasteiger charge is 2.06. The minimum absolute atomic E-state index is 0.0946. The fourth-order valence-electron chi connectivity index (χ4n) is 1.49. The van der Waals surface area contributed by atoms with Gasteiger partial charge in [0, 0.05) is 0 Å². The van der Waals surface area contributed by atoms with Gasteiger partial charge in [0.25, 0.3) is 10.1 Å². The first kappa shape index (κ1) is 14.5. The highest BCUT2D eigenvalue weighted by Crippen LogP contribution is 2.04. The molecule has 1 aromatic carbocycles. The van der Waals surface area contributed by atoms with E-state index in [1.54, 1.807) is 0 Å². The molecule has 19 heavy (non-hydrogen) atoms. The maximum Gasteiger partial charge on any atom is 0.264 e. The average molecular weight is 290 g/mol. The summed E-state index contributed by atoms with van der Waals surface area (Å²) in [6, 6.07) is 9.70. The van der Waals surface area contributed by atoms with Crippen molar-refractivity contribution in [2.24, 2.45) is 0 Å². The van der Waals surface area contributed by atoms with Gasteiger partial charge in [-0.05, 0) is 18.4 Å². The van der Waals surface area contributed by atoms with Crippen LogP contribution in [0.25, 0.3) is 0 Å². The maximum atomic E-state index is 10.8. The second-order valence-electron chi connectivity index (χ2n) is 4.29. The van der Waals surface area contributed by atoms with Gasteiger partial charge >= 0.3 is 0 Å². The molecule has 0 spiro atoms. The third-order valence-electron chi connectivity index (χ3n) is 2.38. The van der Waals surface area contributed by atoms with Crippen molar-refractivity contribution in [2.45, 2.75) is 25.6 Å². The molecular weight excluding hydrogens is 268 g/mol. The number of hydrogen-bond acceptors (Lipinski definition) is 5. The maximum absolute atomic E-state index is 10.8. The van der Waals surface area contributed by atoms with Gasteiger partial charge in [-0.15, -0.1) is 0 Å². The molecule has 1 atom stereocenters. The van der Waals surface area contributed by atoms with Crippen LogP contribution < -0.4 is 0 Å². The van der Waals surface area contributed by atoms with E-state index in [0.29, 0.717) is 19.4 Å². The Morgan fingerprint density at radius 2 is 2.11 bits per heavy atom. The molecule has 0 heterocycles. The molecule has 0 radical (unpaired) electrons. The minimum atomic E-state index is -3.40. The van der Waals surface area contributed by atoms with Crippen molar-refractivity contribution < 1.29 is 22.4 Å². The zero-order valence-electron chi connectivity index (χ0n) is 11.9. The molecule has 0 amide bonds. The summed E-state index contributed by atoms with van der Waals surface area (Å²) in [6.45, 7) is 0.842. The van der Waals surface area contributed by atoms with Gasteiger partial charge in [0.15, 0.2) is 0 Å². The molecule has 0 aromatic heterocycles. The third kappa shape index (κ3) is 8.72. The van der Waals surface area contributed by atoms with Crippen molar-refractivity contribution in [1.29, 1.82) is 1.43 Å². The van der Waals surface area contributed by atoms with Gasteiger partial charge in [-0.25, -0.2) is 0 Å². The average Bonchev–Trinajstić information content (AvgIpc) is 2.41. The summed E-state index contributed by atoms with van der Waals surface area (Å²) in [5.74, 6) is 0. The molecule has 0 fully saturated rings. The summed E-state index contributed by atoms with van der Waals surface area (Å²) in [5.41, 5.74) is 1.05. The minimum Gasteiger partial charge on any atom is -0.391 e. The van der Waals surface area contributed by atoms with E-state index in [-0.39, 0.29) is 19.3 Å². The van der Waals surface area contributed by atoms with Crippen LogP contribution in [0.5, 0.6) is 0 Å². The van der Waals surface area contributed by atoms with Crippen molar-refractivity contribution in [3.8, 4) is 0 Å². The van der Waals surface area contributed by atoms with Crippen LogP contribution in [0.15, 0.2) is 30.3 Å². The molecule has 1 aromatic rings. The number of hydrogen-bond donors (Lipinski definition) is 1. The van der Waals surface area contributed by atoms with E-state index >= 15 is 0 Å². The van der Waals surface area contributed by atoms with Crippen LogP contribution in [-0.2, 0) is 25.6 Å². The van der Waals surface area contributed by atoms with Gasteiger partial charge in [-0.3, -0.25) is 4.18 Å². The molecule has 6 heteroatoms. The smallest absolute Gasteiger partial charge is 0.264 e. The van der Waals surface area contributed by atoms with E-state index in [2.05, 4.69) is 9.29 Å². The normalized spacial score (nSPS) is 14.1. The van der Waals surface area contributed by atoms with Crippen LogP contribution >= 0.6 is 0 Å². The van der Waals surface area contributed by atoms with Crippen LogP contribution in [-0.4, -0.2) is 40.5 Å². The predicted octanol–water partition coefficient (Wildman–Crippen LogP) is 1.32. The van der Waals surface area contributed by atoms with Crippen molar-refractivity contribution in [2.75, 3.05) is 19.5 Å². The van der Waals surface area contributed by atoms with Crippen molar-refractivity contribution >= 4 is 10.1 Å². The monoisotopic (exact) mass is 290 g/mol. The second kappa shape index (κ2) is 8.27. The molecule has 0 unspecified atom stereocenters. The van der Waals surface area contributed by atoms with Crippen LogP contribution in [0, 0.1) is 0 Å². The molecule has 0 saturated heterocycles. The topological polar surface area (TPSA) is 72.8 Å². The molecule has 0 saturated carbocycles. The van der Waals surface area contributed by atoms with Crippen LogP contribution in [0.1, 0.15) is 18.4 Å². The van der Waals surface area contributed by atoms with Gasteiger partial charge in [0.2, 0.25) is 1.43 Å². The van der Waals surface area contributed by atoms with E-state index in [1.807, 2.05) is 30.3 Å². The van der Waals surface area contributed by atoms with Crippen LogP contribution in [0.4, 0.5) is 0 Å². The summed E-state index contributed by atoms with van der Waals surface area (Å²) in [5, 5.41) is 4.54. The fourth-order valence-corrected chi connectivity index (χ4v) is 1.91. The Morgan fingerprint density at radius 1 is 1.37 bits per heavy atom. The Labute approximate surface area is 115 Å². The largest absolute Gasteiger partial charge is 0.391 e. The Bertz CT molecular complexity index is 463. The number of ether oxygens (including phenoxy) is 1. The molecule has 108 valence electrons. The highest BCUT2D eigenvalue weighted by molar-refractivity contribution is 7.85. The number of rotatable bonds is 10. The van der Waals surface area contributed by atoms with Gasteiger partial charge in [0.1, 0.15) is 0 Å². The summed E-state index contributed by atoms with van der Waals surface area (Å²) >= 11 is 0. The molecule has 1 rings (SSSR count). The first-order valence-corrected chi connectivity index (χ1v) is 7.91. The lowest BCUT2D eigenvalue weighted by atomic mass is 10.2. The molecule has 0 aliphatic rings. The summed E-state index contributed by atoms with van der Waals surface area (Å²) in [6.07, 6.45) is 1.62. The highest BCUT2D eigenvalue weighted by atomic mass is 32.2. The summed E-state index contributed by atoms with van der Waals surface area (Å²) < 4.78 is 38.6. The van der Waals surface area contributed by atoms with E-state index in [0.717, 1.165) is 11.8 Å². The SMILES string of the molecule is [3H]O[C@H](CCCOS(C)(=O)=O)COCc1ccccc1. The number of aliphatic hydroxyl groups excluding tert-OH is 1. The molecular formula is C13H20O5S. The molecule has 0 bridgehead atoms. The van der Waals surface area contributed by atoms with Gasteiger partial charge < -0.3 is 9.85 Å². The Kier molecular flexibility index (Phi) is 6.29. The fraction of sp³-hybridized carbons (Fsp3) is 0.538. The molecule has 1 N–H and O–H groups in total. The molecule has 0 aliphatic heterocycles. The van der Waals surface area contributed by atoms with E-state index in [1.165, 1.54) is 0 Å². The Morgan fingerprint density at radius 3 is 2.74 bits per heavy atom. The summed E-state index contributed by atoms with van der Waals surface area (Å²) in [7, 11) is -3.40. The van der Waals surface area contributed by atoms with Crippen molar-refractivity contribution in [3.63, 3.8) is 0 Å². The lowest BCUT2D eigenvalue weighted by molar-refractivity contribution is 0.0221. The first-order valence-electron chi connectivity index (χ1n) is 6.50. The van der Waals surface area contributed by atoms with E-state index in [9.17, 15) is 8.42 Å². The van der Waals surface area contributed by atoms with E-state index < -0.39 is 10.1 Å². The lowest BCUT2D eigenvalue weighted by Crippen LogP contribution is -2.16. The Balaban J connectivity index is 2.16. The lowest BCUT2D eigenvalue weighted by Gasteiger charge is -2.11. The predicted molar refractivity (Wildman–Crippen MR) is 72.1 cm³/mol. The molecule has 5 nitrogen and oxygen atoms in total. The quantitative estimate of drug-likeness (QED) is 0.520. The third-order valence-corrected chi connectivity index (χ3v) is 2.98. The van der Waals surface area contributed by atoms with Gasteiger partial charge in [-0.1, -0.05) is 30.3 Å². The Hall–Kier alpha value is -0.950. The second-order valence-corrected chi connectivity index (χ2v) is 5.94. The summed E-state index contributed by atoms with van der Waals surface area (Å²) in [4.78, 5) is 0. The van der Waals surface area contributed by atoms with Crippen LogP contribution in [0.2, 0.25) is 0 Å². The number of benzene rings is 1. The zero-order chi connectivity index (χ0) is 14.8. The van der Waals surface area contributed by atoms with Crippen molar-refractivity contribution in [3.05, 3.63) is 35.9 Å². The van der Waals surface area contributed by atoms with Crippen LogP contribution in [0.3, 0.4) is 0 Å². The standard InChI is InChI=1S/C13H20O5S/c1-19(15,16)18-9-5-8-13(14)11-17-10-12-6-3-2-4-7-12/h2-4,6-7,13-14H,5,8-11H2,1H3/t13-/m1/s1/i14T. The van der Waals surface area contributed by atoms with E-state index in [4.69, 9.17) is 6.17 Å². The van der Waals surface area contributed by atoms with Gasteiger partial charge in [-0.2, -0.15) is 8.42 Å².